The van der Waals surface area contributed by atoms with Gasteiger partial charge < -0.3 is 4.74 Å². The minimum atomic E-state index is 0.735. The number of methoxy groups -OCH3 is 1. The second kappa shape index (κ2) is 9.58. The predicted octanol–water partition coefficient (Wildman–Crippen LogP) is 5.07. The molecule has 5 nitrogen and oxygen atoms in total. The highest BCUT2D eigenvalue weighted by molar-refractivity contribution is 7.98. The minimum absolute atomic E-state index is 0.735. The third-order valence-corrected chi connectivity index (χ3v) is 5.13. The molecule has 3 aromatic rings. The zero-order valence-corrected chi connectivity index (χ0v) is 16.9. The molecule has 0 amide bonds. The lowest BCUT2D eigenvalue weighted by atomic mass is 10.2. The maximum atomic E-state index is 5.95. The highest BCUT2D eigenvalue weighted by atomic mass is 35.5. The molecule has 0 saturated heterocycles. The molecule has 0 unspecified atom stereocenters. The van der Waals surface area contributed by atoms with Gasteiger partial charge in [-0.15, -0.1) is 10.2 Å². The van der Waals surface area contributed by atoms with Crippen molar-refractivity contribution in [3.05, 3.63) is 70.5 Å². The topological polar surface area (TPSA) is 52.3 Å². The van der Waals surface area contributed by atoms with Crippen LogP contribution in [0.3, 0.4) is 0 Å². The first kappa shape index (κ1) is 19.5. The Labute approximate surface area is 168 Å². The van der Waals surface area contributed by atoms with Crippen molar-refractivity contribution in [3.63, 3.8) is 0 Å². The molecule has 0 aliphatic carbocycles. The molecular weight excluding hydrogens is 380 g/mol. The summed E-state index contributed by atoms with van der Waals surface area (Å²) in [5.41, 5.74) is 2.08. The van der Waals surface area contributed by atoms with Crippen LogP contribution in [0.4, 0.5) is 0 Å². The minimum Gasteiger partial charge on any atom is -0.496 e. The van der Waals surface area contributed by atoms with Crippen molar-refractivity contribution in [1.29, 1.82) is 0 Å². The molecule has 0 aliphatic rings. The molecule has 7 heteroatoms. The zero-order chi connectivity index (χ0) is 19.1. The van der Waals surface area contributed by atoms with Crippen LogP contribution < -0.4 is 4.74 Å². The molecule has 0 saturated carbocycles. The molecule has 0 aliphatic heterocycles. The molecule has 140 valence electrons. The number of para-hydroxylation sites is 1. The van der Waals surface area contributed by atoms with E-state index >= 15 is 0 Å². The number of hydrogen-bond acceptors (Lipinski definition) is 5. The standard InChI is InChI=1S/C20H21ClN4OS/c1-3-6-19-23-24-20(27-14-15-9-11-17(21)12-10-15)25(19)22-13-16-7-4-5-8-18(16)26-2/h4-5,7-13H,3,6,14H2,1-2H3/b22-13-. The number of nitrogens with zero attached hydrogens (tertiary/aromatic N) is 4. The van der Waals surface area contributed by atoms with E-state index in [1.165, 1.54) is 5.56 Å². The zero-order valence-electron chi connectivity index (χ0n) is 15.3. The lowest BCUT2D eigenvalue weighted by Gasteiger charge is -2.06. The van der Waals surface area contributed by atoms with Gasteiger partial charge in [-0.1, -0.05) is 54.6 Å². The molecule has 0 atom stereocenters. The van der Waals surface area contributed by atoms with Gasteiger partial charge in [0.2, 0.25) is 5.16 Å². The summed E-state index contributed by atoms with van der Waals surface area (Å²) in [6.45, 7) is 2.11. The molecule has 0 bridgehead atoms. The molecule has 27 heavy (non-hydrogen) atoms. The molecule has 0 radical (unpaired) electrons. The summed E-state index contributed by atoms with van der Waals surface area (Å²) in [6.07, 6.45) is 3.58. The largest absolute Gasteiger partial charge is 0.496 e. The van der Waals surface area contributed by atoms with E-state index in [9.17, 15) is 0 Å². The van der Waals surface area contributed by atoms with Gasteiger partial charge in [0.1, 0.15) is 5.75 Å². The third-order valence-electron chi connectivity index (χ3n) is 3.88. The summed E-state index contributed by atoms with van der Waals surface area (Å²) in [5, 5.41) is 14.8. The Morgan fingerprint density at radius 2 is 1.93 bits per heavy atom. The van der Waals surface area contributed by atoms with Crippen LogP contribution in [-0.2, 0) is 12.2 Å². The maximum absolute atomic E-state index is 5.95. The number of halogens is 1. The summed E-state index contributed by atoms with van der Waals surface area (Å²) in [5.74, 6) is 2.40. The number of aryl methyl sites for hydroxylation is 1. The van der Waals surface area contributed by atoms with Crippen molar-refractivity contribution in [1.82, 2.24) is 14.9 Å². The van der Waals surface area contributed by atoms with Crippen molar-refractivity contribution in [2.24, 2.45) is 5.10 Å². The van der Waals surface area contributed by atoms with Gasteiger partial charge in [0.25, 0.3) is 0 Å². The lowest BCUT2D eigenvalue weighted by Crippen LogP contribution is -2.01. The third kappa shape index (κ3) is 5.11. The Hall–Kier alpha value is -2.31. The van der Waals surface area contributed by atoms with Gasteiger partial charge in [0.05, 0.1) is 13.3 Å². The Morgan fingerprint density at radius 1 is 1.15 bits per heavy atom. The van der Waals surface area contributed by atoms with Gasteiger partial charge >= 0.3 is 0 Å². The Morgan fingerprint density at radius 3 is 2.67 bits per heavy atom. The lowest BCUT2D eigenvalue weighted by molar-refractivity contribution is 0.414. The average molecular weight is 401 g/mol. The highest BCUT2D eigenvalue weighted by Crippen LogP contribution is 2.24. The summed E-state index contributed by atoms with van der Waals surface area (Å²) >= 11 is 7.55. The van der Waals surface area contributed by atoms with Crippen LogP contribution in [0.2, 0.25) is 5.02 Å². The van der Waals surface area contributed by atoms with E-state index in [1.807, 2.05) is 53.2 Å². The van der Waals surface area contributed by atoms with E-state index in [2.05, 4.69) is 22.2 Å². The van der Waals surface area contributed by atoms with Crippen molar-refractivity contribution in [2.45, 2.75) is 30.7 Å². The van der Waals surface area contributed by atoms with Crippen LogP contribution in [-0.4, -0.2) is 28.2 Å². The van der Waals surface area contributed by atoms with Crippen molar-refractivity contribution < 1.29 is 4.74 Å². The predicted molar refractivity (Wildman–Crippen MR) is 111 cm³/mol. The first-order valence-corrected chi connectivity index (χ1v) is 10.1. The summed E-state index contributed by atoms with van der Waals surface area (Å²) in [4.78, 5) is 0. The fourth-order valence-corrected chi connectivity index (χ4v) is 3.49. The molecule has 0 fully saturated rings. The van der Waals surface area contributed by atoms with Crippen LogP contribution in [0, 0.1) is 0 Å². The van der Waals surface area contributed by atoms with Crippen molar-refractivity contribution >= 4 is 29.6 Å². The van der Waals surface area contributed by atoms with Gasteiger partial charge in [0, 0.05) is 22.8 Å². The summed E-state index contributed by atoms with van der Waals surface area (Å²) < 4.78 is 7.21. The van der Waals surface area contributed by atoms with Crippen LogP contribution >= 0.6 is 23.4 Å². The average Bonchev–Trinajstić information content (AvgIpc) is 3.08. The van der Waals surface area contributed by atoms with Gasteiger partial charge in [-0.25, -0.2) is 0 Å². The van der Waals surface area contributed by atoms with Crippen LogP contribution in [0.15, 0.2) is 58.8 Å². The second-order valence-corrected chi connectivity index (χ2v) is 7.24. The molecule has 1 heterocycles. The molecule has 1 aromatic heterocycles. The normalized spacial score (nSPS) is 11.2. The Bertz CT molecular complexity index is 909. The van der Waals surface area contributed by atoms with Crippen LogP contribution in [0.25, 0.3) is 0 Å². The van der Waals surface area contributed by atoms with E-state index in [0.29, 0.717) is 0 Å². The Kier molecular flexibility index (Phi) is 6.90. The van der Waals surface area contributed by atoms with Gasteiger partial charge in [-0.05, 0) is 36.2 Å². The number of rotatable bonds is 8. The van der Waals surface area contributed by atoms with E-state index < -0.39 is 0 Å². The van der Waals surface area contributed by atoms with Gasteiger partial charge in [0.15, 0.2) is 5.82 Å². The van der Waals surface area contributed by atoms with E-state index in [4.69, 9.17) is 16.3 Å². The fourth-order valence-electron chi connectivity index (χ4n) is 2.50. The SMILES string of the molecule is CCCc1nnc(SCc2ccc(Cl)cc2)n1/N=C\c1ccccc1OC. The quantitative estimate of drug-likeness (QED) is 0.391. The van der Waals surface area contributed by atoms with Gasteiger partial charge in [-0.3, -0.25) is 0 Å². The second-order valence-electron chi connectivity index (χ2n) is 5.86. The van der Waals surface area contributed by atoms with E-state index in [1.54, 1.807) is 25.1 Å². The van der Waals surface area contributed by atoms with Gasteiger partial charge in [-0.2, -0.15) is 9.78 Å². The van der Waals surface area contributed by atoms with Crippen molar-refractivity contribution in [2.75, 3.05) is 7.11 Å². The number of aromatic nitrogens is 3. The monoisotopic (exact) mass is 400 g/mol. The molecule has 3 rings (SSSR count). The molecule has 0 N–H and O–H groups in total. The number of hydrogen-bond donors (Lipinski definition) is 0. The number of benzene rings is 2. The molecule has 0 spiro atoms. The first-order chi connectivity index (χ1) is 13.2. The van der Waals surface area contributed by atoms with Crippen LogP contribution in [0.5, 0.6) is 5.75 Å². The van der Waals surface area contributed by atoms with Crippen LogP contribution in [0.1, 0.15) is 30.3 Å². The number of ether oxygens (including phenoxy) is 1. The highest BCUT2D eigenvalue weighted by Gasteiger charge is 2.12. The molecular formula is C20H21ClN4OS. The fraction of sp³-hybridized carbons (Fsp3) is 0.250. The Balaban J connectivity index is 1.82. The smallest absolute Gasteiger partial charge is 0.212 e. The summed E-state index contributed by atoms with van der Waals surface area (Å²) in [6, 6.07) is 15.6. The summed E-state index contributed by atoms with van der Waals surface area (Å²) in [7, 11) is 1.65. The molecule has 2 aromatic carbocycles. The number of thioether (sulfide) groups is 1. The van der Waals surface area contributed by atoms with Crippen molar-refractivity contribution in [3.8, 4) is 5.75 Å². The van der Waals surface area contributed by atoms with E-state index in [0.717, 1.165) is 45.9 Å². The van der Waals surface area contributed by atoms with E-state index in [-0.39, 0.29) is 0 Å². The maximum Gasteiger partial charge on any atom is 0.212 e. The first-order valence-electron chi connectivity index (χ1n) is 8.70.